The average molecular weight is 374 g/mol. The lowest BCUT2D eigenvalue weighted by atomic mass is 10.2. The topological polar surface area (TPSA) is 97.4 Å². The van der Waals surface area contributed by atoms with E-state index in [1.165, 1.54) is 19.1 Å². The maximum Gasteiger partial charge on any atom is 0.262 e. The molecular formula is C11H13Cl2NO5S2. The van der Waals surface area contributed by atoms with Crippen molar-refractivity contribution < 1.29 is 21.6 Å². The van der Waals surface area contributed by atoms with E-state index in [0.717, 1.165) is 6.07 Å². The zero-order chi connectivity index (χ0) is 16.3. The van der Waals surface area contributed by atoms with E-state index < -0.39 is 24.8 Å². The van der Waals surface area contributed by atoms with E-state index in [-0.39, 0.29) is 33.5 Å². The van der Waals surface area contributed by atoms with Crippen molar-refractivity contribution in [3.05, 3.63) is 28.8 Å². The summed E-state index contributed by atoms with van der Waals surface area (Å²) in [5.74, 6) is -0.818. The van der Waals surface area contributed by atoms with Crippen molar-refractivity contribution in [3.8, 4) is 0 Å². The first kappa shape index (κ1) is 18.2. The van der Waals surface area contributed by atoms with E-state index in [4.69, 9.17) is 22.3 Å². The summed E-state index contributed by atoms with van der Waals surface area (Å²) >= 11 is 5.69. The summed E-state index contributed by atoms with van der Waals surface area (Å²) < 4.78 is 45.1. The first-order valence-corrected chi connectivity index (χ1v) is 10.3. The standard InChI is InChI=1S/C11H13Cl2NO5S2/c1-2-20(16,17)6-5-14-11(15)8-3-4-9(12)10(7-8)21(13,18)19/h3-4,7H,2,5-6H2,1H3,(H,14,15). The quantitative estimate of drug-likeness (QED) is 0.760. The Morgan fingerprint density at radius 1 is 1.24 bits per heavy atom. The number of halogens is 2. The molecule has 0 aliphatic carbocycles. The highest BCUT2D eigenvalue weighted by Crippen LogP contribution is 2.25. The Balaban J connectivity index is 2.85. The van der Waals surface area contributed by atoms with Gasteiger partial charge in [-0.3, -0.25) is 4.79 Å². The summed E-state index contributed by atoms with van der Waals surface area (Å²) in [4.78, 5) is 11.4. The van der Waals surface area contributed by atoms with Gasteiger partial charge in [0, 0.05) is 28.5 Å². The van der Waals surface area contributed by atoms with Crippen LogP contribution in [0.5, 0.6) is 0 Å². The molecule has 0 radical (unpaired) electrons. The predicted molar refractivity (Wildman–Crippen MR) is 81.2 cm³/mol. The number of carbonyl (C=O) groups is 1. The lowest BCUT2D eigenvalue weighted by Gasteiger charge is -2.07. The highest BCUT2D eigenvalue weighted by atomic mass is 35.7. The van der Waals surface area contributed by atoms with Gasteiger partial charge in [0.15, 0.2) is 9.84 Å². The Morgan fingerprint density at radius 2 is 1.86 bits per heavy atom. The van der Waals surface area contributed by atoms with Crippen LogP contribution in [0.2, 0.25) is 5.02 Å². The van der Waals surface area contributed by atoms with E-state index >= 15 is 0 Å². The largest absolute Gasteiger partial charge is 0.351 e. The fourth-order valence-corrected chi connectivity index (χ4v) is 3.59. The van der Waals surface area contributed by atoms with Crippen LogP contribution >= 0.6 is 22.3 Å². The Kier molecular flexibility index (Phi) is 6.03. The average Bonchev–Trinajstić information content (AvgIpc) is 2.37. The van der Waals surface area contributed by atoms with Crippen molar-refractivity contribution in [1.82, 2.24) is 5.32 Å². The predicted octanol–water partition coefficient (Wildman–Crippen LogP) is 1.43. The molecule has 1 aromatic carbocycles. The highest BCUT2D eigenvalue weighted by Gasteiger charge is 2.18. The molecule has 1 rings (SSSR count). The van der Waals surface area contributed by atoms with Gasteiger partial charge in [-0.15, -0.1) is 0 Å². The van der Waals surface area contributed by atoms with Crippen molar-refractivity contribution in [1.29, 1.82) is 0 Å². The summed E-state index contributed by atoms with van der Waals surface area (Å²) in [6, 6.07) is 3.58. The molecule has 0 bridgehead atoms. The van der Waals surface area contributed by atoms with Crippen LogP contribution in [-0.4, -0.2) is 40.8 Å². The van der Waals surface area contributed by atoms with Crippen molar-refractivity contribution in [2.24, 2.45) is 0 Å². The SMILES string of the molecule is CCS(=O)(=O)CCNC(=O)c1ccc(Cl)c(S(=O)(=O)Cl)c1. The fourth-order valence-electron chi connectivity index (χ4n) is 1.40. The molecule has 0 saturated carbocycles. The molecule has 1 amide bonds. The van der Waals surface area contributed by atoms with Crippen molar-refractivity contribution >= 4 is 47.1 Å². The van der Waals surface area contributed by atoms with Crippen LogP contribution in [0.15, 0.2) is 23.1 Å². The molecule has 21 heavy (non-hydrogen) atoms. The first-order valence-electron chi connectivity index (χ1n) is 5.79. The summed E-state index contributed by atoms with van der Waals surface area (Å²) in [5.41, 5.74) is 0.0209. The third-order valence-electron chi connectivity index (χ3n) is 2.59. The lowest BCUT2D eigenvalue weighted by Crippen LogP contribution is -2.29. The van der Waals surface area contributed by atoms with Gasteiger partial charge in [-0.2, -0.15) is 0 Å². The summed E-state index contributed by atoms with van der Waals surface area (Å²) in [7, 11) is -2.06. The molecule has 0 saturated heterocycles. The van der Waals surface area contributed by atoms with Crippen LogP contribution in [0.1, 0.15) is 17.3 Å². The van der Waals surface area contributed by atoms with Gasteiger partial charge in [0.05, 0.1) is 10.8 Å². The smallest absolute Gasteiger partial charge is 0.262 e. The minimum absolute atomic E-state index is 0.0154. The molecule has 1 aromatic rings. The Bertz CT molecular complexity index is 744. The molecule has 0 unspecified atom stereocenters. The Labute approximate surface area is 132 Å². The molecule has 1 N–H and O–H groups in total. The van der Waals surface area contributed by atoms with Crippen molar-refractivity contribution in [3.63, 3.8) is 0 Å². The van der Waals surface area contributed by atoms with Gasteiger partial charge >= 0.3 is 0 Å². The van der Waals surface area contributed by atoms with Gasteiger partial charge in [-0.1, -0.05) is 18.5 Å². The normalized spacial score (nSPS) is 12.1. The van der Waals surface area contributed by atoms with Gasteiger partial charge in [0.2, 0.25) is 0 Å². The van der Waals surface area contributed by atoms with Crippen LogP contribution in [0.25, 0.3) is 0 Å². The lowest BCUT2D eigenvalue weighted by molar-refractivity contribution is 0.0956. The van der Waals surface area contributed by atoms with Crippen LogP contribution < -0.4 is 5.32 Å². The maximum absolute atomic E-state index is 11.8. The van der Waals surface area contributed by atoms with Gasteiger partial charge in [0.1, 0.15) is 4.90 Å². The molecule has 0 heterocycles. The molecule has 0 aliphatic rings. The van der Waals surface area contributed by atoms with E-state index in [1.54, 1.807) is 0 Å². The minimum atomic E-state index is -4.07. The number of carbonyl (C=O) groups excluding carboxylic acids is 1. The third-order valence-corrected chi connectivity index (χ3v) is 6.10. The molecule has 0 fully saturated rings. The maximum atomic E-state index is 11.8. The second-order valence-electron chi connectivity index (χ2n) is 4.08. The molecule has 6 nitrogen and oxygen atoms in total. The minimum Gasteiger partial charge on any atom is -0.351 e. The van der Waals surface area contributed by atoms with Gasteiger partial charge < -0.3 is 5.32 Å². The monoisotopic (exact) mass is 373 g/mol. The van der Waals surface area contributed by atoms with Gasteiger partial charge in [-0.25, -0.2) is 16.8 Å². The third kappa shape index (κ3) is 5.46. The number of nitrogens with one attached hydrogen (secondary N) is 1. The number of rotatable bonds is 6. The Morgan fingerprint density at radius 3 is 2.38 bits per heavy atom. The van der Waals surface area contributed by atoms with Crippen molar-refractivity contribution in [2.75, 3.05) is 18.1 Å². The summed E-state index contributed by atoms with van der Waals surface area (Å²) in [5, 5.41) is 2.29. The number of hydrogen-bond acceptors (Lipinski definition) is 5. The van der Waals surface area contributed by atoms with E-state index in [0.29, 0.717) is 0 Å². The van der Waals surface area contributed by atoms with Crippen LogP contribution in [-0.2, 0) is 18.9 Å². The van der Waals surface area contributed by atoms with Gasteiger partial charge in [-0.05, 0) is 18.2 Å². The summed E-state index contributed by atoms with van der Waals surface area (Å²) in [6.45, 7) is 1.44. The van der Waals surface area contributed by atoms with E-state index in [1.807, 2.05) is 0 Å². The highest BCUT2D eigenvalue weighted by molar-refractivity contribution is 8.13. The van der Waals surface area contributed by atoms with Crippen LogP contribution in [0, 0.1) is 0 Å². The molecule has 0 atom stereocenters. The molecule has 0 spiro atoms. The number of hydrogen-bond donors (Lipinski definition) is 1. The zero-order valence-corrected chi connectivity index (χ0v) is 14.1. The number of benzene rings is 1. The second kappa shape index (κ2) is 6.95. The van der Waals surface area contributed by atoms with E-state index in [2.05, 4.69) is 5.32 Å². The van der Waals surface area contributed by atoms with Crippen LogP contribution in [0.4, 0.5) is 0 Å². The Hall–Kier alpha value is -0.830. The zero-order valence-electron chi connectivity index (χ0n) is 11.0. The molecule has 0 aromatic heterocycles. The molecule has 118 valence electrons. The molecule has 10 heteroatoms. The van der Waals surface area contributed by atoms with Crippen LogP contribution in [0.3, 0.4) is 0 Å². The van der Waals surface area contributed by atoms with Gasteiger partial charge in [0.25, 0.3) is 15.0 Å². The molecular weight excluding hydrogens is 361 g/mol. The van der Waals surface area contributed by atoms with Crippen molar-refractivity contribution in [2.45, 2.75) is 11.8 Å². The van der Waals surface area contributed by atoms with E-state index in [9.17, 15) is 21.6 Å². The fraction of sp³-hybridized carbons (Fsp3) is 0.364. The number of amides is 1. The first-order chi connectivity index (χ1) is 9.57. The second-order valence-corrected chi connectivity index (χ2v) is 9.49. The number of sulfone groups is 1. The molecule has 0 aliphatic heterocycles. The summed E-state index contributed by atoms with van der Waals surface area (Å²) in [6.07, 6.45) is 0.